The van der Waals surface area contributed by atoms with Crippen molar-refractivity contribution >= 4 is 40.5 Å². The molecule has 0 saturated heterocycles. The van der Waals surface area contributed by atoms with Gasteiger partial charge in [0.1, 0.15) is 12.1 Å². The third-order valence-corrected chi connectivity index (χ3v) is 3.22. The van der Waals surface area contributed by atoms with Crippen LogP contribution in [0, 0.1) is 22.7 Å². The predicted molar refractivity (Wildman–Crippen MR) is 68.4 cm³/mol. The van der Waals surface area contributed by atoms with Crippen molar-refractivity contribution in [3.63, 3.8) is 0 Å². The zero-order chi connectivity index (χ0) is 13.0. The summed E-state index contributed by atoms with van der Waals surface area (Å²) in [6.45, 7) is 0.767. The lowest BCUT2D eigenvalue weighted by Crippen LogP contribution is -2.14. The lowest BCUT2D eigenvalue weighted by Gasteiger charge is -2.13. The van der Waals surface area contributed by atoms with Gasteiger partial charge in [0, 0.05) is 13.1 Å². The molecular weight excluding hydrogens is 282 g/mol. The molecule has 1 rings (SSSR count). The van der Waals surface area contributed by atoms with E-state index in [2.05, 4.69) is 5.32 Å². The summed E-state index contributed by atoms with van der Waals surface area (Å²) in [5.74, 6) is 0. The first kappa shape index (κ1) is 13.9. The zero-order valence-corrected chi connectivity index (χ0v) is 10.8. The van der Waals surface area contributed by atoms with Crippen LogP contribution >= 0.6 is 34.8 Å². The molecule has 17 heavy (non-hydrogen) atoms. The molecule has 0 heterocycles. The monoisotopic (exact) mass is 288 g/mol. The van der Waals surface area contributed by atoms with Gasteiger partial charge in [-0.1, -0.05) is 34.8 Å². The van der Waals surface area contributed by atoms with Crippen molar-refractivity contribution < 1.29 is 0 Å². The van der Waals surface area contributed by atoms with E-state index in [4.69, 9.17) is 51.1 Å². The summed E-state index contributed by atoms with van der Waals surface area (Å²) in [6, 6.07) is 3.70. The molecule has 3 N–H and O–H groups in total. The highest BCUT2D eigenvalue weighted by Crippen LogP contribution is 2.40. The van der Waals surface area contributed by atoms with Crippen molar-refractivity contribution in [1.29, 1.82) is 10.5 Å². The molecule has 7 heteroatoms. The number of nitrogens with one attached hydrogen (secondary N) is 1. The Kier molecular flexibility index (Phi) is 4.86. The highest BCUT2D eigenvalue weighted by atomic mass is 35.5. The van der Waals surface area contributed by atoms with Crippen LogP contribution in [0.3, 0.4) is 0 Å². The van der Waals surface area contributed by atoms with E-state index in [-0.39, 0.29) is 26.2 Å². The van der Waals surface area contributed by atoms with Gasteiger partial charge in [-0.2, -0.15) is 10.5 Å². The van der Waals surface area contributed by atoms with Crippen LogP contribution in [0.4, 0.5) is 5.69 Å². The van der Waals surface area contributed by atoms with Gasteiger partial charge in [0.15, 0.2) is 0 Å². The Labute approximate surface area is 113 Å². The minimum atomic E-state index is -0.0103. The standard InChI is InChI=1S/C10H7Cl3N4/c11-7-5(3-15)8(12)9(13)10(6(7)4-16)17-2-1-14/h17H,1-2,14H2. The molecule has 0 atom stereocenters. The van der Waals surface area contributed by atoms with Crippen molar-refractivity contribution in [2.75, 3.05) is 18.4 Å². The molecule has 4 nitrogen and oxygen atoms in total. The van der Waals surface area contributed by atoms with Gasteiger partial charge in [-0.3, -0.25) is 0 Å². The molecular formula is C10H7Cl3N4. The maximum absolute atomic E-state index is 9.02. The molecule has 0 fully saturated rings. The largest absolute Gasteiger partial charge is 0.381 e. The van der Waals surface area contributed by atoms with Gasteiger partial charge >= 0.3 is 0 Å². The van der Waals surface area contributed by atoms with E-state index in [0.29, 0.717) is 18.8 Å². The van der Waals surface area contributed by atoms with Gasteiger partial charge < -0.3 is 11.1 Å². The van der Waals surface area contributed by atoms with Gasteiger partial charge in [0.2, 0.25) is 0 Å². The molecule has 0 aromatic heterocycles. The number of hydrogen-bond acceptors (Lipinski definition) is 4. The van der Waals surface area contributed by atoms with Crippen LogP contribution in [0.25, 0.3) is 0 Å². The van der Waals surface area contributed by atoms with Gasteiger partial charge in [-0.15, -0.1) is 0 Å². The van der Waals surface area contributed by atoms with Crippen molar-refractivity contribution in [2.24, 2.45) is 5.73 Å². The average molecular weight is 290 g/mol. The number of nitriles is 2. The van der Waals surface area contributed by atoms with Crippen LogP contribution in [0.2, 0.25) is 15.1 Å². The summed E-state index contributed by atoms with van der Waals surface area (Å²) in [5.41, 5.74) is 5.73. The lowest BCUT2D eigenvalue weighted by molar-refractivity contribution is 1.02. The number of benzene rings is 1. The Morgan fingerprint density at radius 3 is 2.06 bits per heavy atom. The van der Waals surface area contributed by atoms with E-state index < -0.39 is 0 Å². The zero-order valence-electron chi connectivity index (χ0n) is 8.52. The van der Waals surface area contributed by atoms with Gasteiger partial charge in [0.25, 0.3) is 0 Å². The predicted octanol–water partition coefficient (Wildman–Crippen LogP) is 2.76. The van der Waals surface area contributed by atoms with Crippen molar-refractivity contribution in [3.8, 4) is 12.1 Å². The molecule has 1 aromatic rings. The minimum Gasteiger partial charge on any atom is -0.381 e. The first-order chi connectivity index (χ1) is 8.08. The molecule has 0 aliphatic rings. The van der Waals surface area contributed by atoms with Crippen LogP contribution in [0.1, 0.15) is 11.1 Å². The SMILES string of the molecule is N#Cc1c(Cl)c(Cl)c(NCCN)c(C#N)c1Cl. The second-order valence-corrected chi connectivity index (χ2v) is 4.14. The first-order valence-electron chi connectivity index (χ1n) is 4.53. The number of rotatable bonds is 3. The molecule has 0 amide bonds. The average Bonchev–Trinajstić information content (AvgIpc) is 2.32. The number of nitrogens with two attached hydrogens (primary N) is 1. The molecule has 0 aliphatic carbocycles. The number of halogens is 3. The maximum Gasteiger partial charge on any atom is 0.103 e. The Bertz CT molecular complexity index is 528. The number of anilines is 1. The van der Waals surface area contributed by atoms with Gasteiger partial charge in [-0.25, -0.2) is 0 Å². The second-order valence-electron chi connectivity index (χ2n) is 3.01. The summed E-state index contributed by atoms with van der Waals surface area (Å²) in [7, 11) is 0. The molecule has 0 radical (unpaired) electrons. The third kappa shape index (κ3) is 2.57. The van der Waals surface area contributed by atoms with Gasteiger partial charge in [0.05, 0.1) is 31.9 Å². The van der Waals surface area contributed by atoms with Crippen molar-refractivity contribution in [1.82, 2.24) is 0 Å². The fraction of sp³-hybridized carbons (Fsp3) is 0.200. The summed E-state index contributed by atoms with van der Waals surface area (Å²) in [6.07, 6.45) is 0. The fourth-order valence-electron chi connectivity index (χ4n) is 1.23. The normalized spacial score (nSPS) is 9.53. The van der Waals surface area contributed by atoms with Crippen molar-refractivity contribution in [3.05, 3.63) is 26.2 Å². The van der Waals surface area contributed by atoms with Crippen LogP contribution in [-0.4, -0.2) is 13.1 Å². The molecule has 0 unspecified atom stereocenters. The van der Waals surface area contributed by atoms with E-state index in [9.17, 15) is 0 Å². The number of hydrogen-bond donors (Lipinski definition) is 2. The molecule has 88 valence electrons. The first-order valence-corrected chi connectivity index (χ1v) is 5.66. The molecule has 0 aliphatic heterocycles. The van der Waals surface area contributed by atoms with Crippen LogP contribution in [0.15, 0.2) is 0 Å². The Balaban J connectivity index is 3.51. The molecule has 0 bridgehead atoms. The summed E-state index contributed by atoms with van der Waals surface area (Å²) in [4.78, 5) is 0. The lowest BCUT2D eigenvalue weighted by atomic mass is 10.1. The van der Waals surface area contributed by atoms with Crippen LogP contribution < -0.4 is 11.1 Å². The van der Waals surface area contributed by atoms with E-state index in [1.807, 2.05) is 12.1 Å². The summed E-state index contributed by atoms with van der Waals surface area (Å²) < 4.78 is 0. The Morgan fingerprint density at radius 1 is 1.00 bits per heavy atom. The Hall–Kier alpha value is -1.17. The second kappa shape index (κ2) is 5.95. The Morgan fingerprint density at radius 2 is 1.59 bits per heavy atom. The van der Waals surface area contributed by atoms with Gasteiger partial charge in [-0.05, 0) is 0 Å². The highest BCUT2D eigenvalue weighted by molar-refractivity contribution is 6.46. The van der Waals surface area contributed by atoms with E-state index in [0.717, 1.165) is 0 Å². The van der Waals surface area contributed by atoms with E-state index in [1.54, 1.807) is 0 Å². The van der Waals surface area contributed by atoms with Crippen LogP contribution in [0.5, 0.6) is 0 Å². The topological polar surface area (TPSA) is 85.6 Å². The van der Waals surface area contributed by atoms with E-state index >= 15 is 0 Å². The molecule has 1 aromatic carbocycles. The maximum atomic E-state index is 9.02. The number of nitrogens with zero attached hydrogens (tertiary/aromatic N) is 2. The molecule has 0 spiro atoms. The van der Waals surface area contributed by atoms with E-state index in [1.165, 1.54) is 0 Å². The smallest absolute Gasteiger partial charge is 0.103 e. The summed E-state index contributed by atoms with van der Waals surface area (Å²) >= 11 is 17.8. The quantitative estimate of drug-likeness (QED) is 0.838. The summed E-state index contributed by atoms with van der Waals surface area (Å²) in [5, 5.41) is 20.9. The fourth-order valence-corrected chi connectivity index (χ4v) is 2.04. The minimum absolute atomic E-state index is 0.00631. The highest BCUT2D eigenvalue weighted by Gasteiger charge is 2.20. The van der Waals surface area contributed by atoms with Crippen molar-refractivity contribution in [2.45, 2.75) is 0 Å². The van der Waals surface area contributed by atoms with Crippen LogP contribution in [-0.2, 0) is 0 Å². The molecule has 0 saturated carbocycles. The third-order valence-electron chi connectivity index (χ3n) is 1.99.